The summed E-state index contributed by atoms with van der Waals surface area (Å²) in [5.41, 5.74) is 1.72. The van der Waals surface area contributed by atoms with Crippen LogP contribution in [-0.2, 0) is 22.4 Å². The Morgan fingerprint density at radius 3 is 2.54 bits per heavy atom. The number of carbonyl (C=O) groups excluding carboxylic acids is 2. The average molecular weight is 380 g/mol. The lowest BCUT2D eigenvalue weighted by atomic mass is 9.98. The zero-order valence-corrected chi connectivity index (χ0v) is 17.5. The highest BCUT2D eigenvalue weighted by atomic mass is 32.1. The summed E-state index contributed by atoms with van der Waals surface area (Å²) >= 11 is 1.58. The minimum Gasteiger partial charge on any atom is -0.459 e. The van der Waals surface area contributed by atoms with Crippen LogP contribution in [0.5, 0.6) is 0 Å². The lowest BCUT2D eigenvalue weighted by molar-refractivity contribution is -0.120. The van der Waals surface area contributed by atoms with Crippen molar-refractivity contribution in [2.45, 2.75) is 91.6 Å². The van der Waals surface area contributed by atoms with Crippen molar-refractivity contribution in [1.29, 1.82) is 0 Å². The molecule has 0 aromatic carbocycles. The summed E-state index contributed by atoms with van der Waals surface area (Å²) in [6.45, 7) is 7.91. The number of nitrogens with one attached hydrogen (secondary N) is 1. The molecule has 0 aliphatic heterocycles. The molecule has 0 bridgehead atoms. The van der Waals surface area contributed by atoms with Crippen molar-refractivity contribution in [3.8, 4) is 0 Å². The van der Waals surface area contributed by atoms with Crippen molar-refractivity contribution in [3.63, 3.8) is 0 Å². The third kappa shape index (κ3) is 5.32. The fourth-order valence-corrected chi connectivity index (χ4v) is 4.79. The highest BCUT2D eigenvalue weighted by Gasteiger charge is 2.28. The minimum absolute atomic E-state index is 0.00539. The van der Waals surface area contributed by atoms with Gasteiger partial charge >= 0.3 is 5.97 Å². The smallest absolute Gasteiger partial charge is 0.341 e. The Morgan fingerprint density at radius 1 is 1.15 bits per heavy atom. The molecule has 1 N–H and O–H groups in total. The van der Waals surface area contributed by atoms with E-state index in [4.69, 9.17) is 4.74 Å². The zero-order chi connectivity index (χ0) is 19.1. The molecule has 0 spiro atoms. The third-order valence-corrected chi connectivity index (χ3v) is 6.18. The van der Waals surface area contributed by atoms with E-state index >= 15 is 0 Å². The summed E-state index contributed by atoms with van der Waals surface area (Å²) in [6.07, 6.45) is 9.01. The number of esters is 1. The van der Waals surface area contributed by atoms with Crippen LogP contribution in [-0.4, -0.2) is 18.0 Å². The number of carbonyl (C=O) groups is 2. The first-order chi connectivity index (χ1) is 12.5. The number of ether oxygens (including phenoxy) is 1. The average Bonchev–Trinajstić information content (AvgIpc) is 2.76. The number of amides is 1. The molecule has 0 fully saturated rings. The standard InChI is InChI=1S/C21H33NO3S/c1-5-7-11-15(6-2)19(23)22-20-18(21(24)25-14(3)4)16-12-9-8-10-13-17(16)26-20/h14-15H,5-13H2,1-4H3,(H,22,23)/t15-/m0/s1. The van der Waals surface area contributed by atoms with E-state index in [1.54, 1.807) is 11.3 Å². The van der Waals surface area contributed by atoms with Crippen LogP contribution in [0.15, 0.2) is 0 Å². The Bertz CT molecular complexity index is 621. The van der Waals surface area contributed by atoms with Gasteiger partial charge in [-0.3, -0.25) is 4.79 Å². The monoisotopic (exact) mass is 379 g/mol. The number of fused-ring (bicyclic) bond motifs is 1. The van der Waals surface area contributed by atoms with Crippen LogP contribution < -0.4 is 5.32 Å². The maximum Gasteiger partial charge on any atom is 0.341 e. The first-order valence-corrected chi connectivity index (χ1v) is 11.0. The molecule has 4 nitrogen and oxygen atoms in total. The van der Waals surface area contributed by atoms with Gasteiger partial charge in [0.25, 0.3) is 0 Å². The van der Waals surface area contributed by atoms with Crippen LogP contribution in [0.4, 0.5) is 5.00 Å². The molecule has 1 heterocycles. The first kappa shape index (κ1) is 20.9. The molecular weight excluding hydrogens is 346 g/mol. The number of hydrogen-bond acceptors (Lipinski definition) is 4. The molecule has 1 aliphatic carbocycles. The second-order valence-corrected chi connectivity index (χ2v) is 8.56. The normalized spacial score (nSPS) is 15.3. The van der Waals surface area contributed by atoms with Crippen molar-refractivity contribution >= 4 is 28.2 Å². The molecule has 1 aromatic rings. The van der Waals surface area contributed by atoms with E-state index in [2.05, 4.69) is 19.2 Å². The lowest BCUT2D eigenvalue weighted by Crippen LogP contribution is -2.23. The molecule has 146 valence electrons. The van der Waals surface area contributed by atoms with E-state index in [0.717, 1.165) is 56.9 Å². The largest absolute Gasteiger partial charge is 0.459 e. The first-order valence-electron chi connectivity index (χ1n) is 10.1. The van der Waals surface area contributed by atoms with Crippen LogP contribution in [0.25, 0.3) is 0 Å². The van der Waals surface area contributed by atoms with Gasteiger partial charge < -0.3 is 10.1 Å². The molecular formula is C21H33NO3S. The van der Waals surface area contributed by atoms with E-state index in [9.17, 15) is 9.59 Å². The summed E-state index contributed by atoms with van der Waals surface area (Å²) in [5.74, 6) is -0.252. The van der Waals surface area contributed by atoms with Gasteiger partial charge in [-0.25, -0.2) is 4.79 Å². The van der Waals surface area contributed by atoms with Gasteiger partial charge in [0, 0.05) is 10.8 Å². The quantitative estimate of drug-likeness (QED) is 0.463. The topological polar surface area (TPSA) is 55.4 Å². The van der Waals surface area contributed by atoms with Crippen LogP contribution in [0.3, 0.4) is 0 Å². The van der Waals surface area contributed by atoms with Crippen molar-refractivity contribution in [3.05, 3.63) is 16.0 Å². The molecule has 1 aromatic heterocycles. The summed E-state index contributed by atoms with van der Waals surface area (Å²) in [7, 11) is 0. The molecule has 0 unspecified atom stereocenters. The number of thiophene rings is 1. The molecule has 1 atom stereocenters. The van der Waals surface area contributed by atoms with Crippen LogP contribution in [0.1, 0.15) is 93.4 Å². The van der Waals surface area contributed by atoms with Crippen molar-refractivity contribution in [2.75, 3.05) is 5.32 Å². The van der Waals surface area contributed by atoms with E-state index in [-0.39, 0.29) is 23.9 Å². The third-order valence-electron chi connectivity index (χ3n) is 4.97. The van der Waals surface area contributed by atoms with E-state index in [1.165, 1.54) is 11.3 Å². The summed E-state index contributed by atoms with van der Waals surface area (Å²) in [6, 6.07) is 0. The van der Waals surface area contributed by atoms with E-state index in [0.29, 0.717) is 10.6 Å². The maximum absolute atomic E-state index is 12.8. The van der Waals surface area contributed by atoms with E-state index < -0.39 is 0 Å². The summed E-state index contributed by atoms with van der Waals surface area (Å²) < 4.78 is 5.49. The van der Waals surface area contributed by atoms with Gasteiger partial charge in [0.1, 0.15) is 5.00 Å². The van der Waals surface area contributed by atoms with Crippen LogP contribution in [0.2, 0.25) is 0 Å². The maximum atomic E-state index is 12.8. The Hall–Kier alpha value is -1.36. The molecule has 2 rings (SSSR count). The fourth-order valence-electron chi connectivity index (χ4n) is 3.50. The highest BCUT2D eigenvalue weighted by Crippen LogP contribution is 2.38. The van der Waals surface area contributed by atoms with Crippen molar-refractivity contribution in [1.82, 2.24) is 0 Å². The van der Waals surface area contributed by atoms with Crippen molar-refractivity contribution < 1.29 is 14.3 Å². The minimum atomic E-state index is -0.295. The SMILES string of the molecule is CCCC[C@H](CC)C(=O)Nc1sc2c(c1C(=O)OC(C)C)CCCCC2. The molecule has 1 aliphatic rings. The van der Waals surface area contributed by atoms with Crippen molar-refractivity contribution in [2.24, 2.45) is 5.92 Å². The highest BCUT2D eigenvalue weighted by molar-refractivity contribution is 7.17. The molecule has 1 amide bonds. The Morgan fingerprint density at radius 2 is 1.88 bits per heavy atom. The number of unbranched alkanes of at least 4 members (excludes halogenated alkanes) is 1. The van der Waals surface area contributed by atoms with Gasteiger partial charge in [0.2, 0.25) is 5.91 Å². The molecule has 0 saturated carbocycles. The fraction of sp³-hybridized carbons (Fsp3) is 0.714. The Labute approximate surface area is 161 Å². The number of anilines is 1. The number of aryl methyl sites for hydroxylation is 1. The van der Waals surface area contributed by atoms with Gasteiger partial charge in [-0.15, -0.1) is 11.3 Å². The van der Waals surface area contributed by atoms with Crippen LogP contribution >= 0.6 is 11.3 Å². The summed E-state index contributed by atoms with van der Waals surface area (Å²) in [4.78, 5) is 26.8. The molecule has 5 heteroatoms. The molecule has 26 heavy (non-hydrogen) atoms. The number of hydrogen-bond donors (Lipinski definition) is 1. The molecule has 0 radical (unpaired) electrons. The van der Waals surface area contributed by atoms with E-state index in [1.807, 2.05) is 13.8 Å². The second kappa shape index (κ2) is 10.1. The van der Waals surface area contributed by atoms with Gasteiger partial charge in [-0.1, -0.05) is 33.1 Å². The predicted molar refractivity (Wildman–Crippen MR) is 108 cm³/mol. The van der Waals surface area contributed by atoms with Gasteiger partial charge in [-0.2, -0.15) is 0 Å². The second-order valence-electron chi connectivity index (χ2n) is 7.46. The predicted octanol–water partition coefficient (Wildman–Crippen LogP) is 5.74. The Balaban J connectivity index is 2.28. The zero-order valence-electron chi connectivity index (χ0n) is 16.7. The number of rotatable bonds is 8. The van der Waals surface area contributed by atoms with Gasteiger partial charge in [0.05, 0.1) is 11.7 Å². The van der Waals surface area contributed by atoms with Gasteiger partial charge in [0.15, 0.2) is 0 Å². The Kier molecular flexibility index (Phi) is 8.14. The van der Waals surface area contributed by atoms with Crippen LogP contribution in [0, 0.1) is 5.92 Å². The molecule has 0 saturated heterocycles. The summed E-state index contributed by atoms with van der Waals surface area (Å²) in [5, 5.41) is 3.78. The van der Waals surface area contributed by atoms with Gasteiger partial charge in [-0.05, 0) is 57.9 Å². The lowest BCUT2D eigenvalue weighted by Gasteiger charge is -2.15.